The molecule has 0 heterocycles. The van der Waals surface area contributed by atoms with Gasteiger partial charge in [-0.05, 0) is 12.8 Å². The molecular weight excluding hydrogens is 86.9 g/mol. The van der Waals surface area contributed by atoms with E-state index in [0.717, 1.165) is 19.3 Å². The van der Waals surface area contributed by atoms with Gasteiger partial charge in [0.05, 0.1) is 5.68 Å². The Morgan fingerprint density at radius 3 is 2.43 bits per heavy atom. The molecule has 0 rings (SSSR count). The summed E-state index contributed by atoms with van der Waals surface area (Å²) in [5, 5.41) is 0. The maximum Gasteiger partial charge on any atom is 0.187 e. The van der Waals surface area contributed by atoms with Gasteiger partial charge in [0.1, 0.15) is 0 Å². The normalized spacial score (nSPS) is 8.71. The molecule has 0 aliphatic rings. The van der Waals surface area contributed by atoms with Gasteiger partial charge in [0.25, 0.3) is 0 Å². The molecule has 0 spiro atoms. The van der Waals surface area contributed by atoms with Crippen LogP contribution in [0.25, 0.3) is 0 Å². The maximum atomic E-state index is 10.2. The zero-order valence-electron chi connectivity index (χ0n) is 5.03. The lowest BCUT2D eigenvalue weighted by Crippen LogP contribution is -1.93. The Bertz CT molecular complexity index is 61.1. The number of carbonyl (C=O) groups excluding carboxylic acids is 1. The second kappa shape index (κ2) is 3.91. The molecule has 0 aromatic rings. The number of rotatable bonds is 3. The van der Waals surface area contributed by atoms with E-state index in [0.29, 0.717) is 5.68 Å². The average Bonchev–Trinajstić information content (AvgIpc) is 1.61. The first kappa shape index (κ1) is 6.73. The van der Waals surface area contributed by atoms with E-state index in [9.17, 15) is 4.79 Å². The van der Waals surface area contributed by atoms with Crippen molar-refractivity contribution >= 4 is 13.5 Å². The molecular formula is C5H11BO. The highest BCUT2D eigenvalue weighted by molar-refractivity contribution is 6.57. The van der Waals surface area contributed by atoms with E-state index in [4.69, 9.17) is 0 Å². The van der Waals surface area contributed by atoms with Crippen LogP contribution in [0.2, 0.25) is 0 Å². The minimum atomic E-state index is 0.307. The molecule has 0 fully saturated rings. The van der Waals surface area contributed by atoms with Crippen molar-refractivity contribution in [1.82, 2.24) is 0 Å². The largest absolute Gasteiger partial charge is 0.312 e. The summed E-state index contributed by atoms with van der Waals surface area (Å²) in [4.78, 5) is 10.2. The molecule has 0 aliphatic carbocycles. The molecule has 0 aromatic heterocycles. The zero-order chi connectivity index (χ0) is 5.70. The zero-order valence-corrected chi connectivity index (χ0v) is 5.03. The topological polar surface area (TPSA) is 17.1 Å². The summed E-state index contributed by atoms with van der Waals surface area (Å²) in [5.74, 6) is 0. The fraction of sp³-hybridized carbons (Fsp3) is 0.800. The van der Waals surface area contributed by atoms with Crippen LogP contribution in [0, 0.1) is 0 Å². The molecule has 0 bridgehead atoms. The smallest absolute Gasteiger partial charge is 0.187 e. The van der Waals surface area contributed by atoms with Crippen molar-refractivity contribution in [1.29, 1.82) is 0 Å². The minimum Gasteiger partial charge on any atom is -0.312 e. The van der Waals surface area contributed by atoms with Gasteiger partial charge in [-0.15, -0.1) is 0 Å². The summed E-state index contributed by atoms with van der Waals surface area (Å²) in [6, 6.07) is 0. The first-order valence-electron chi connectivity index (χ1n) is 2.76. The Labute approximate surface area is 45.5 Å². The van der Waals surface area contributed by atoms with Gasteiger partial charge in [-0.1, -0.05) is 13.3 Å². The highest BCUT2D eigenvalue weighted by Gasteiger charge is 1.87. The van der Waals surface area contributed by atoms with E-state index in [2.05, 4.69) is 6.92 Å². The van der Waals surface area contributed by atoms with Crippen molar-refractivity contribution in [3.05, 3.63) is 0 Å². The van der Waals surface area contributed by atoms with E-state index in [-0.39, 0.29) is 0 Å². The van der Waals surface area contributed by atoms with Gasteiger partial charge in [-0.2, -0.15) is 0 Å². The molecule has 0 aliphatic heterocycles. The van der Waals surface area contributed by atoms with Crippen LogP contribution < -0.4 is 0 Å². The summed E-state index contributed by atoms with van der Waals surface area (Å²) in [5.41, 5.74) is 0.307. The van der Waals surface area contributed by atoms with Crippen LogP contribution in [0.3, 0.4) is 0 Å². The Hall–Kier alpha value is -0.265. The third-order valence-corrected chi connectivity index (χ3v) is 0.882. The van der Waals surface area contributed by atoms with Crippen molar-refractivity contribution in [3.63, 3.8) is 0 Å². The number of unbranched alkanes of at least 4 members (excludes halogenated alkanes) is 1. The molecule has 2 heteroatoms. The molecule has 1 nitrogen and oxygen atoms in total. The summed E-state index contributed by atoms with van der Waals surface area (Å²) >= 11 is 0. The van der Waals surface area contributed by atoms with Crippen molar-refractivity contribution < 1.29 is 4.79 Å². The lowest BCUT2D eigenvalue weighted by molar-refractivity contribution is -0.111. The number of hydrogen-bond acceptors (Lipinski definition) is 1. The molecule has 0 unspecified atom stereocenters. The first-order chi connectivity index (χ1) is 3.27. The van der Waals surface area contributed by atoms with Crippen molar-refractivity contribution in [2.75, 3.05) is 0 Å². The van der Waals surface area contributed by atoms with Crippen LogP contribution in [-0.2, 0) is 4.79 Å². The summed E-state index contributed by atoms with van der Waals surface area (Å²) < 4.78 is 0. The van der Waals surface area contributed by atoms with Gasteiger partial charge in [-0.3, -0.25) is 0 Å². The van der Waals surface area contributed by atoms with Crippen LogP contribution in [0.1, 0.15) is 26.2 Å². The Morgan fingerprint density at radius 2 is 2.29 bits per heavy atom. The standard InChI is InChI=1S/C5H11BO/c1-2-3-4-5(6)7/h2-4,6H2,1H3. The summed E-state index contributed by atoms with van der Waals surface area (Å²) in [6.07, 6.45) is 2.94. The van der Waals surface area contributed by atoms with Crippen molar-refractivity contribution in [2.45, 2.75) is 26.2 Å². The molecule has 0 radical (unpaired) electrons. The van der Waals surface area contributed by atoms with Gasteiger partial charge >= 0.3 is 0 Å². The molecule has 0 amide bonds. The predicted molar refractivity (Wildman–Crippen MR) is 33.1 cm³/mol. The first-order valence-corrected chi connectivity index (χ1v) is 2.76. The minimum absolute atomic E-state index is 0.307. The third-order valence-electron chi connectivity index (χ3n) is 0.882. The van der Waals surface area contributed by atoms with E-state index < -0.39 is 0 Å². The van der Waals surface area contributed by atoms with E-state index in [1.54, 1.807) is 7.85 Å². The van der Waals surface area contributed by atoms with Gasteiger partial charge in [-0.25, -0.2) is 0 Å². The molecule has 7 heavy (non-hydrogen) atoms. The molecule has 0 atom stereocenters. The van der Waals surface area contributed by atoms with Gasteiger partial charge < -0.3 is 4.79 Å². The maximum absolute atomic E-state index is 10.2. The molecule has 0 N–H and O–H groups in total. The lowest BCUT2D eigenvalue weighted by atomic mass is 9.98. The lowest BCUT2D eigenvalue weighted by Gasteiger charge is -1.86. The van der Waals surface area contributed by atoms with Gasteiger partial charge in [0.2, 0.25) is 0 Å². The number of carbonyl (C=O) groups is 1. The van der Waals surface area contributed by atoms with Gasteiger partial charge in [0, 0.05) is 0 Å². The molecule has 0 aromatic carbocycles. The van der Waals surface area contributed by atoms with Crippen LogP contribution in [0.5, 0.6) is 0 Å². The van der Waals surface area contributed by atoms with Crippen LogP contribution in [0.4, 0.5) is 0 Å². The van der Waals surface area contributed by atoms with E-state index in [1.165, 1.54) is 0 Å². The van der Waals surface area contributed by atoms with E-state index in [1.807, 2.05) is 0 Å². The second-order valence-corrected chi connectivity index (χ2v) is 1.81. The SMILES string of the molecule is BC(=O)CCCC. The third kappa shape index (κ3) is 5.73. The second-order valence-electron chi connectivity index (χ2n) is 1.81. The van der Waals surface area contributed by atoms with Crippen LogP contribution >= 0.6 is 0 Å². The highest BCUT2D eigenvalue weighted by atomic mass is 16.1. The van der Waals surface area contributed by atoms with Crippen LogP contribution in [0.15, 0.2) is 0 Å². The Balaban J connectivity index is 2.82. The highest BCUT2D eigenvalue weighted by Crippen LogP contribution is 1.90. The summed E-state index contributed by atoms with van der Waals surface area (Å²) in [6.45, 7) is 2.09. The average molecular weight is 98.0 g/mol. The fourth-order valence-electron chi connectivity index (χ4n) is 0.426. The molecule has 40 valence electrons. The quantitative estimate of drug-likeness (QED) is 0.465. The predicted octanol–water partition coefficient (Wildman–Crippen LogP) is 0.336. The Morgan fingerprint density at radius 1 is 1.71 bits per heavy atom. The number of hydrogen-bond donors (Lipinski definition) is 0. The molecule has 0 saturated heterocycles. The monoisotopic (exact) mass is 98.1 g/mol. The van der Waals surface area contributed by atoms with Crippen molar-refractivity contribution in [2.24, 2.45) is 0 Å². The fourth-order valence-corrected chi connectivity index (χ4v) is 0.426. The van der Waals surface area contributed by atoms with Crippen molar-refractivity contribution in [3.8, 4) is 0 Å². The van der Waals surface area contributed by atoms with Gasteiger partial charge in [0.15, 0.2) is 7.85 Å². The van der Waals surface area contributed by atoms with E-state index >= 15 is 0 Å². The van der Waals surface area contributed by atoms with Crippen LogP contribution in [-0.4, -0.2) is 13.5 Å². The Kier molecular flexibility index (Phi) is 3.76. The summed E-state index contributed by atoms with van der Waals surface area (Å²) in [7, 11) is 1.63. The molecule has 0 saturated carbocycles.